The number of hydrogen-bond acceptors (Lipinski definition) is 8. The third kappa shape index (κ3) is 5.00. The molecule has 1 amide bonds. The fourth-order valence-electron chi connectivity index (χ4n) is 4.32. The maximum Gasteiger partial charge on any atom is 0.264 e. The minimum atomic E-state index is -0.0754. The lowest BCUT2D eigenvalue weighted by atomic mass is 10.2. The van der Waals surface area contributed by atoms with Crippen molar-refractivity contribution < 1.29 is 9.53 Å². The van der Waals surface area contributed by atoms with Gasteiger partial charge in [-0.15, -0.1) is 0 Å². The largest absolute Gasteiger partial charge is 0.482 e. The predicted octanol–water partition coefficient (Wildman–Crippen LogP) is 3.77. The Balaban J connectivity index is 1.27. The number of rotatable bonds is 6. The van der Waals surface area contributed by atoms with Gasteiger partial charge >= 0.3 is 0 Å². The number of ether oxygens (including phenoxy) is 1. The first-order chi connectivity index (χ1) is 17.0. The number of benzene rings is 2. The molecular formula is C26H31N7O2. The molecule has 3 aromatic rings. The summed E-state index contributed by atoms with van der Waals surface area (Å²) in [5.41, 5.74) is 4.62. The Bertz CT molecular complexity index is 1210. The number of aromatic nitrogens is 2. The highest BCUT2D eigenvalue weighted by Gasteiger charge is 2.22. The number of nitrogens with zero attached hydrogens (tertiary/aromatic N) is 5. The first-order valence-corrected chi connectivity index (χ1v) is 12.0. The van der Waals surface area contributed by atoms with Crippen LogP contribution in [0.2, 0.25) is 0 Å². The maximum atomic E-state index is 12.0. The summed E-state index contributed by atoms with van der Waals surface area (Å²) in [6, 6.07) is 14.1. The Morgan fingerprint density at radius 2 is 1.74 bits per heavy atom. The number of likely N-dealkylation sites (N-methyl/N-ethyl adjacent to an activating group) is 2. The monoisotopic (exact) mass is 473 g/mol. The van der Waals surface area contributed by atoms with E-state index < -0.39 is 0 Å². The van der Waals surface area contributed by atoms with Crippen LogP contribution in [0.5, 0.6) is 5.75 Å². The van der Waals surface area contributed by atoms with Crippen molar-refractivity contribution in [1.82, 2.24) is 14.9 Å². The van der Waals surface area contributed by atoms with Gasteiger partial charge in [0, 0.05) is 62.0 Å². The number of carbonyl (C=O) groups is 1. The van der Waals surface area contributed by atoms with E-state index in [0.717, 1.165) is 55.3 Å². The zero-order valence-electron chi connectivity index (χ0n) is 20.4. The fraction of sp³-hybridized carbons (Fsp3) is 0.346. The summed E-state index contributed by atoms with van der Waals surface area (Å²) >= 11 is 0. The molecule has 2 aliphatic heterocycles. The Hall–Kier alpha value is -3.85. The second-order valence-electron chi connectivity index (χ2n) is 8.87. The number of hydrogen-bond donors (Lipinski definition) is 2. The van der Waals surface area contributed by atoms with Gasteiger partial charge in [-0.1, -0.05) is 6.92 Å². The molecule has 5 rings (SSSR count). The molecule has 0 saturated carbocycles. The van der Waals surface area contributed by atoms with E-state index in [1.54, 1.807) is 18.1 Å². The standard InChI is InChI=1S/C26H31N7O2/c1-4-32-11-13-33(14-12-32)21-8-5-19(6-9-21)29-26-27-16-18(2)25(30-26)28-20-7-10-23-22(15-20)31(3)24(34)17-35-23/h5-10,15-16H,4,11-14,17H2,1-3H3,(H2,27,28,29,30). The third-order valence-corrected chi connectivity index (χ3v) is 6.59. The van der Waals surface area contributed by atoms with Crippen molar-refractivity contribution in [2.45, 2.75) is 13.8 Å². The van der Waals surface area contributed by atoms with Crippen molar-refractivity contribution in [3.05, 3.63) is 54.2 Å². The van der Waals surface area contributed by atoms with Crippen molar-refractivity contribution in [3.8, 4) is 5.75 Å². The number of carbonyl (C=O) groups excluding carboxylic acids is 1. The van der Waals surface area contributed by atoms with Gasteiger partial charge in [0.05, 0.1) is 5.69 Å². The van der Waals surface area contributed by atoms with Crippen LogP contribution >= 0.6 is 0 Å². The molecular weight excluding hydrogens is 442 g/mol. The molecule has 1 fully saturated rings. The molecule has 2 aliphatic rings. The quantitative estimate of drug-likeness (QED) is 0.560. The van der Waals surface area contributed by atoms with E-state index in [-0.39, 0.29) is 12.5 Å². The van der Waals surface area contributed by atoms with Crippen molar-refractivity contribution >= 4 is 40.4 Å². The highest BCUT2D eigenvalue weighted by molar-refractivity contribution is 5.98. The highest BCUT2D eigenvalue weighted by Crippen LogP contribution is 2.34. The highest BCUT2D eigenvalue weighted by atomic mass is 16.5. The molecule has 0 radical (unpaired) electrons. The number of aryl methyl sites for hydroxylation is 1. The van der Waals surface area contributed by atoms with Crippen LogP contribution in [-0.2, 0) is 4.79 Å². The Morgan fingerprint density at radius 3 is 2.49 bits per heavy atom. The average Bonchev–Trinajstić information content (AvgIpc) is 2.89. The number of piperazine rings is 1. The molecule has 1 aromatic heterocycles. The normalized spacial score (nSPS) is 16.0. The molecule has 0 spiro atoms. The molecule has 0 unspecified atom stereocenters. The summed E-state index contributed by atoms with van der Waals surface area (Å²) in [5, 5.41) is 6.65. The summed E-state index contributed by atoms with van der Waals surface area (Å²) in [6.45, 7) is 9.66. The first kappa shape index (κ1) is 22.9. The van der Waals surface area contributed by atoms with Crippen molar-refractivity contribution in [2.24, 2.45) is 0 Å². The predicted molar refractivity (Wildman–Crippen MR) is 139 cm³/mol. The van der Waals surface area contributed by atoms with Gasteiger partial charge in [0.2, 0.25) is 5.95 Å². The van der Waals surface area contributed by atoms with Crippen molar-refractivity contribution in [1.29, 1.82) is 0 Å². The van der Waals surface area contributed by atoms with E-state index in [1.165, 1.54) is 5.69 Å². The SMILES string of the molecule is CCN1CCN(c2ccc(Nc3ncc(C)c(Nc4ccc5c(c4)N(C)C(=O)CO5)n3)cc2)CC1. The molecule has 2 aromatic carbocycles. The van der Waals surface area contributed by atoms with E-state index in [2.05, 4.69) is 61.6 Å². The molecule has 0 bridgehead atoms. The van der Waals surface area contributed by atoms with Crippen LogP contribution in [0, 0.1) is 6.92 Å². The number of fused-ring (bicyclic) bond motifs is 1. The van der Waals surface area contributed by atoms with Gasteiger partial charge in [-0.05, 0) is 55.9 Å². The van der Waals surface area contributed by atoms with Crippen LogP contribution in [-0.4, -0.2) is 67.2 Å². The molecule has 1 saturated heterocycles. The number of amides is 1. The summed E-state index contributed by atoms with van der Waals surface area (Å²) in [7, 11) is 1.75. The van der Waals surface area contributed by atoms with Gasteiger partial charge < -0.3 is 30.1 Å². The van der Waals surface area contributed by atoms with Gasteiger partial charge in [-0.2, -0.15) is 4.98 Å². The van der Waals surface area contributed by atoms with E-state index in [0.29, 0.717) is 17.5 Å². The van der Waals surface area contributed by atoms with E-state index >= 15 is 0 Å². The van der Waals surface area contributed by atoms with Gasteiger partial charge in [-0.25, -0.2) is 4.98 Å². The summed E-state index contributed by atoms with van der Waals surface area (Å²) in [4.78, 5) is 27.6. The summed E-state index contributed by atoms with van der Waals surface area (Å²) in [5.74, 6) is 1.82. The second-order valence-corrected chi connectivity index (χ2v) is 8.87. The molecule has 182 valence electrons. The molecule has 0 atom stereocenters. The van der Waals surface area contributed by atoms with Crippen LogP contribution in [0.25, 0.3) is 0 Å². The molecule has 2 N–H and O–H groups in total. The number of anilines is 6. The minimum absolute atomic E-state index is 0.0623. The summed E-state index contributed by atoms with van der Waals surface area (Å²) < 4.78 is 5.52. The molecule has 9 heteroatoms. The average molecular weight is 474 g/mol. The zero-order valence-corrected chi connectivity index (χ0v) is 20.4. The van der Waals surface area contributed by atoms with Crippen molar-refractivity contribution in [3.63, 3.8) is 0 Å². The van der Waals surface area contributed by atoms with Crippen LogP contribution in [0.4, 0.5) is 34.5 Å². The smallest absolute Gasteiger partial charge is 0.264 e. The Labute approximate surface area is 205 Å². The fourth-order valence-corrected chi connectivity index (χ4v) is 4.32. The minimum Gasteiger partial charge on any atom is -0.482 e. The summed E-state index contributed by atoms with van der Waals surface area (Å²) in [6.07, 6.45) is 1.79. The lowest BCUT2D eigenvalue weighted by Crippen LogP contribution is -2.46. The van der Waals surface area contributed by atoms with Crippen LogP contribution in [0.1, 0.15) is 12.5 Å². The van der Waals surface area contributed by atoms with E-state index in [9.17, 15) is 4.79 Å². The van der Waals surface area contributed by atoms with Crippen molar-refractivity contribution in [2.75, 3.05) is 66.8 Å². The van der Waals surface area contributed by atoms with Crippen LogP contribution in [0.3, 0.4) is 0 Å². The topological polar surface area (TPSA) is 85.9 Å². The second kappa shape index (κ2) is 9.79. The number of nitrogens with one attached hydrogen (secondary N) is 2. The van der Waals surface area contributed by atoms with Gasteiger partial charge in [0.25, 0.3) is 5.91 Å². The van der Waals surface area contributed by atoms with Gasteiger partial charge in [0.1, 0.15) is 11.6 Å². The van der Waals surface area contributed by atoms with Crippen LogP contribution in [0.15, 0.2) is 48.7 Å². The molecule has 0 aliphatic carbocycles. The molecule has 9 nitrogen and oxygen atoms in total. The zero-order chi connectivity index (χ0) is 24.4. The van der Waals surface area contributed by atoms with E-state index in [4.69, 9.17) is 4.74 Å². The van der Waals surface area contributed by atoms with E-state index in [1.807, 2.05) is 25.1 Å². The van der Waals surface area contributed by atoms with Gasteiger partial charge in [-0.3, -0.25) is 4.79 Å². The Kier molecular flexibility index (Phi) is 6.41. The Morgan fingerprint density at radius 1 is 1.00 bits per heavy atom. The van der Waals surface area contributed by atoms with Crippen LogP contribution < -0.4 is 25.2 Å². The lowest BCUT2D eigenvalue weighted by Gasteiger charge is -2.35. The molecule has 35 heavy (non-hydrogen) atoms. The van der Waals surface area contributed by atoms with Gasteiger partial charge in [0.15, 0.2) is 6.61 Å². The lowest BCUT2D eigenvalue weighted by molar-refractivity contribution is -0.120. The first-order valence-electron chi connectivity index (χ1n) is 12.0. The molecule has 3 heterocycles. The maximum absolute atomic E-state index is 12.0. The third-order valence-electron chi connectivity index (χ3n) is 6.59.